The Hall–Kier alpha value is -3.28. The maximum atomic E-state index is 13.7. The molecule has 0 fully saturated rings. The van der Waals surface area contributed by atoms with Crippen LogP contribution >= 0.6 is 0 Å². The number of hydrogen-bond donors (Lipinski definition) is 2. The van der Waals surface area contributed by atoms with Crippen molar-refractivity contribution in [2.45, 2.75) is 6.92 Å². The number of phenols is 2. The van der Waals surface area contributed by atoms with Crippen molar-refractivity contribution >= 4 is 22.8 Å². The molecule has 0 saturated heterocycles. The van der Waals surface area contributed by atoms with Gasteiger partial charge in [0.1, 0.15) is 28.6 Å². The molecule has 6 heteroatoms. The predicted molar refractivity (Wildman–Crippen MR) is 90.3 cm³/mol. The van der Waals surface area contributed by atoms with Crippen molar-refractivity contribution in [3.63, 3.8) is 0 Å². The van der Waals surface area contributed by atoms with E-state index in [1.54, 1.807) is 6.07 Å². The lowest BCUT2D eigenvalue weighted by molar-refractivity contribution is 0.101. The molecule has 0 saturated carbocycles. The maximum Gasteiger partial charge on any atom is 0.235 e. The summed E-state index contributed by atoms with van der Waals surface area (Å²) in [5.41, 5.74) is 2.34. The fourth-order valence-electron chi connectivity index (χ4n) is 3.16. The zero-order chi connectivity index (χ0) is 17.9. The summed E-state index contributed by atoms with van der Waals surface area (Å²) in [5, 5.41) is 20.1. The summed E-state index contributed by atoms with van der Waals surface area (Å²) in [4.78, 5) is 12.5. The number of phenolic OH excluding ortho intramolecular Hbond substituents is 2. The smallest absolute Gasteiger partial charge is 0.235 e. The topological polar surface area (TPSA) is 71.7 Å². The Morgan fingerprint density at radius 1 is 1.20 bits per heavy atom. The van der Waals surface area contributed by atoms with Gasteiger partial charge in [0.15, 0.2) is 5.76 Å². The fourth-order valence-corrected chi connectivity index (χ4v) is 3.16. The van der Waals surface area contributed by atoms with E-state index >= 15 is 0 Å². The van der Waals surface area contributed by atoms with Crippen LogP contribution in [0.15, 0.2) is 36.1 Å². The van der Waals surface area contributed by atoms with E-state index in [9.17, 15) is 19.4 Å². The molecule has 25 heavy (non-hydrogen) atoms. The minimum atomic E-state index is -0.486. The lowest BCUT2D eigenvalue weighted by Crippen LogP contribution is -1.99. The van der Waals surface area contributed by atoms with Crippen molar-refractivity contribution in [1.82, 2.24) is 4.57 Å². The number of halogens is 1. The average molecular weight is 339 g/mol. The fraction of sp³-hybridized carbons (Fsp3) is 0.105. The second kappa shape index (κ2) is 5.11. The Morgan fingerprint density at radius 3 is 2.72 bits per heavy atom. The van der Waals surface area contributed by atoms with E-state index in [1.807, 2.05) is 18.5 Å². The number of aryl methyl sites for hydroxylation is 1. The van der Waals surface area contributed by atoms with Crippen LogP contribution in [0.5, 0.6) is 17.2 Å². The first-order chi connectivity index (χ1) is 11.9. The van der Waals surface area contributed by atoms with Crippen LogP contribution in [0.25, 0.3) is 17.0 Å². The Morgan fingerprint density at radius 2 is 1.96 bits per heavy atom. The van der Waals surface area contributed by atoms with Gasteiger partial charge < -0.3 is 19.5 Å². The molecule has 0 atom stereocenters. The quantitative estimate of drug-likeness (QED) is 0.664. The van der Waals surface area contributed by atoms with E-state index in [2.05, 4.69) is 0 Å². The summed E-state index contributed by atoms with van der Waals surface area (Å²) < 4.78 is 21.1. The predicted octanol–water partition coefficient (Wildman–Crippen LogP) is 3.65. The maximum absolute atomic E-state index is 13.7. The van der Waals surface area contributed by atoms with Crippen molar-refractivity contribution in [2.75, 3.05) is 0 Å². The van der Waals surface area contributed by atoms with E-state index in [0.29, 0.717) is 10.9 Å². The van der Waals surface area contributed by atoms with Crippen LogP contribution in [0.2, 0.25) is 0 Å². The van der Waals surface area contributed by atoms with Crippen molar-refractivity contribution in [3.05, 3.63) is 58.7 Å². The number of aromatic hydroxyl groups is 2. The average Bonchev–Trinajstić information content (AvgIpc) is 2.97. The van der Waals surface area contributed by atoms with Gasteiger partial charge in [-0.15, -0.1) is 0 Å². The number of carbonyl (C=O) groups is 1. The molecule has 0 unspecified atom stereocenters. The number of benzene rings is 2. The van der Waals surface area contributed by atoms with Gasteiger partial charge in [0.2, 0.25) is 5.78 Å². The van der Waals surface area contributed by atoms with Gasteiger partial charge in [-0.2, -0.15) is 0 Å². The normalized spacial score (nSPS) is 15.0. The highest BCUT2D eigenvalue weighted by Crippen LogP contribution is 2.41. The number of hydrogen-bond acceptors (Lipinski definition) is 4. The highest BCUT2D eigenvalue weighted by molar-refractivity contribution is 6.17. The van der Waals surface area contributed by atoms with Crippen LogP contribution in [-0.4, -0.2) is 20.6 Å². The van der Waals surface area contributed by atoms with Crippen molar-refractivity contribution in [1.29, 1.82) is 0 Å². The molecule has 1 aliphatic rings. The first-order valence-corrected chi connectivity index (χ1v) is 7.61. The van der Waals surface area contributed by atoms with Gasteiger partial charge in [0.05, 0.1) is 0 Å². The number of aromatic nitrogens is 1. The molecule has 5 nitrogen and oxygen atoms in total. The van der Waals surface area contributed by atoms with E-state index in [0.717, 1.165) is 17.3 Å². The second-order valence-electron chi connectivity index (χ2n) is 6.00. The number of ether oxygens (including phenoxy) is 1. The van der Waals surface area contributed by atoms with Gasteiger partial charge in [-0.1, -0.05) is 0 Å². The van der Waals surface area contributed by atoms with Crippen molar-refractivity contribution < 1.29 is 24.1 Å². The van der Waals surface area contributed by atoms with E-state index in [1.165, 1.54) is 24.3 Å². The SMILES string of the molecule is Cc1c(C=C2Oc3cc(O)cc(O)c3C2=O)c2cc(F)ccc2n1C. The Bertz CT molecular complexity index is 1090. The molecule has 4 rings (SSSR count). The van der Waals surface area contributed by atoms with Gasteiger partial charge in [0.25, 0.3) is 0 Å². The molecule has 3 aromatic rings. The van der Waals surface area contributed by atoms with Gasteiger partial charge in [-0.05, 0) is 31.2 Å². The first kappa shape index (κ1) is 15.3. The summed E-state index contributed by atoms with van der Waals surface area (Å²) in [6.45, 7) is 1.86. The summed E-state index contributed by atoms with van der Waals surface area (Å²) in [6, 6.07) is 6.82. The van der Waals surface area contributed by atoms with Gasteiger partial charge in [0, 0.05) is 41.3 Å². The monoisotopic (exact) mass is 339 g/mol. The third kappa shape index (κ3) is 2.18. The van der Waals surface area contributed by atoms with Crippen LogP contribution in [0.3, 0.4) is 0 Å². The number of allylic oxidation sites excluding steroid dienone is 1. The van der Waals surface area contributed by atoms with Gasteiger partial charge >= 0.3 is 0 Å². The van der Waals surface area contributed by atoms with E-state index in [-0.39, 0.29) is 34.4 Å². The summed E-state index contributed by atoms with van der Waals surface area (Å²) in [7, 11) is 1.85. The van der Waals surface area contributed by atoms with Crippen LogP contribution < -0.4 is 4.74 Å². The largest absolute Gasteiger partial charge is 0.508 e. The molecular weight excluding hydrogens is 325 g/mol. The number of carbonyl (C=O) groups excluding carboxylic acids is 1. The third-order valence-corrected chi connectivity index (χ3v) is 4.52. The minimum Gasteiger partial charge on any atom is -0.508 e. The number of ketones is 1. The molecule has 0 spiro atoms. The lowest BCUT2D eigenvalue weighted by atomic mass is 10.1. The van der Waals surface area contributed by atoms with Crippen LogP contribution in [0.1, 0.15) is 21.6 Å². The van der Waals surface area contributed by atoms with Gasteiger partial charge in [-0.25, -0.2) is 4.39 Å². The molecule has 1 aromatic heterocycles. The minimum absolute atomic E-state index is 0.00752. The number of rotatable bonds is 1. The summed E-state index contributed by atoms with van der Waals surface area (Å²) in [6.07, 6.45) is 1.54. The molecular formula is C19H14FNO4. The Labute approximate surface area is 142 Å². The number of fused-ring (bicyclic) bond motifs is 2. The van der Waals surface area contributed by atoms with Crippen LogP contribution in [0, 0.1) is 12.7 Å². The summed E-state index contributed by atoms with van der Waals surface area (Å²) in [5.74, 6) is -1.30. The van der Waals surface area contributed by atoms with Crippen molar-refractivity contribution in [3.8, 4) is 17.2 Å². The molecule has 2 N–H and O–H groups in total. The zero-order valence-electron chi connectivity index (χ0n) is 13.5. The standard InChI is InChI=1S/C19H14FNO4/c1-9-12(13-5-10(20)3-4-14(13)21(9)2)8-17-19(24)18-15(23)6-11(22)7-16(18)25-17/h3-8,22-23H,1-2H3. The highest BCUT2D eigenvalue weighted by Gasteiger charge is 2.31. The van der Waals surface area contributed by atoms with Crippen molar-refractivity contribution in [2.24, 2.45) is 7.05 Å². The number of nitrogens with zero attached hydrogens (tertiary/aromatic N) is 1. The molecule has 0 amide bonds. The van der Waals surface area contributed by atoms with E-state index in [4.69, 9.17) is 4.74 Å². The molecule has 0 bridgehead atoms. The second-order valence-corrected chi connectivity index (χ2v) is 6.00. The number of Topliss-reactive ketones (excluding diaryl/α,β-unsaturated/α-hetero) is 1. The molecule has 2 heterocycles. The Kier molecular flexibility index (Phi) is 3.12. The molecule has 0 radical (unpaired) electrons. The highest BCUT2D eigenvalue weighted by atomic mass is 19.1. The van der Waals surface area contributed by atoms with Gasteiger partial charge in [-0.3, -0.25) is 4.79 Å². The Balaban J connectivity index is 1.90. The lowest BCUT2D eigenvalue weighted by Gasteiger charge is -2.00. The molecule has 0 aliphatic carbocycles. The summed E-state index contributed by atoms with van der Waals surface area (Å²) >= 11 is 0. The van der Waals surface area contributed by atoms with Crippen LogP contribution in [-0.2, 0) is 7.05 Å². The molecule has 2 aromatic carbocycles. The first-order valence-electron chi connectivity index (χ1n) is 7.61. The molecule has 1 aliphatic heterocycles. The third-order valence-electron chi connectivity index (χ3n) is 4.52. The zero-order valence-corrected chi connectivity index (χ0v) is 13.5. The molecule has 126 valence electrons. The van der Waals surface area contributed by atoms with Crippen LogP contribution in [0.4, 0.5) is 4.39 Å². The van der Waals surface area contributed by atoms with E-state index < -0.39 is 5.78 Å².